The Balaban J connectivity index is 2.96. The molecule has 0 aromatic heterocycles. The number of carbonyl (C=O) groups is 1. The molecule has 0 aliphatic carbocycles. The lowest BCUT2D eigenvalue weighted by atomic mass is 10.1. The van der Waals surface area contributed by atoms with E-state index in [2.05, 4.69) is 5.32 Å². The molecule has 0 saturated heterocycles. The lowest BCUT2D eigenvalue weighted by molar-refractivity contribution is -0.116. The summed E-state index contributed by atoms with van der Waals surface area (Å²) in [5, 5.41) is 11.2. The Labute approximate surface area is 149 Å². The van der Waals surface area contributed by atoms with E-state index in [0.29, 0.717) is 37.1 Å². The first-order chi connectivity index (χ1) is 12.2. The van der Waals surface area contributed by atoms with E-state index in [1.165, 1.54) is 6.08 Å². The van der Waals surface area contributed by atoms with Crippen LogP contribution in [0.15, 0.2) is 30.4 Å². The number of nitrogens with one attached hydrogen (secondary N) is 1. The van der Waals surface area contributed by atoms with E-state index in [-0.39, 0.29) is 19.1 Å². The van der Waals surface area contributed by atoms with Crippen molar-refractivity contribution in [2.75, 3.05) is 33.0 Å². The van der Waals surface area contributed by atoms with Crippen LogP contribution in [0.3, 0.4) is 0 Å². The first kappa shape index (κ1) is 20.6. The zero-order valence-electron chi connectivity index (χ0n) is 15.1. The Morgan fingerprint density at radius 1 is 1.04 bits per heavy atom. The van der Waals surface area contributed by atoms with Crippen molar-refractivity contribution in [3.8, 4) is 17.2 Å². The second kappa shape index (κ2) is 12.0. The largest absolute Gasteiger partial charge is 0.490 e. The third-order valence-corrected chi connectivity index (χ3v) is 2.99. The molecule has 0 atom stereocenters. The fourth-order valence-corrected chi connectivity index (χ4v) is 2.05. The molecule has 1 amide bonds. The van der Waals surface area contributed by atoms with Gasteiger partial charge in [-0.15, -0.1) is 0 Å². The van der Waals surface area contributed by atoms with E-state index < -0.39 is 0 Å². The van der Waals surface area contributed by atoms with Crippen LogP contribution in [0.2, 0.25) is 0 Å². The molecule has 0 aliphatic heterocycles. The van der Waals surface area contributed by atoms with Crippen molar-refractivity contribution in [2.24, 2.45) is 0 Å². The summed E-state index contributed by atoms with van der Waals surface area (Å²) >= 11 is 0. The first-order valence-corrected chi connectivity index (χ1v) is 8.46. The van der Waals surface area contributed by atoms with E-state index >= 15 is 0 Å². The highest BCUT2D eigenvalue weighted by Crippen LogP contribution is 2.39. The van der Waals surface area contributed by atoms with Gasteiger partial charge in [0.1, 0.15) is 0 Å². The van der Waals surface area contributed by atoms with Gasteiger partial charge < -0.3 is 24.6 Å². The van der Waals surface area contributed by atoms with E-state index in [1.54, 1.807) is 12.2 Å². The number of rotatable bonds is 11. The number of carbonyl (C=O) groups excluding carboxylic acids is 1. The topological polar surface area (TPSA) is 77.0 Å². The maximum Gasteiger partial charge on any atom is 0.244 e. The minimum absolute atomic E-state index is 0.0813. The Bertz CT molecular complexity index is 568. The molecule has 25 heavy (non-hydrogen) atoms. The Hall–Kier alpha value is -2.47. The lowest BCUT2D eigenvalue weighted by Crippen LogP contribution is -2.24. The van der Waals surface area contributed by atoms with Crippen LogP contribution in [-0.2, 0) is 4.79 Å². The molecule has 0 bridgehead atoms. The van der Waals surface area contributed by atoms with Crippen LogP contribution in [0, 0.1) is 0 Å². The molecule has 6 nitrogen and oxygen atoms in total. The predicted octanol–water partition coefficient (Wildman–Crippen LogP) is 2.56. The molecule has 0 unspecified atom stereocenters. The van der Waals surface area contributed by atoms with Crippen LogP contribution in [0.4, 0.5) is 0 Å². The molecule has 0 radical (unpaired) electrons. The number of hydrogen-bond acceptors (Lipinski definition) is 5. The average molecular weight is 349 g/mol. The van der Waals surface area contributed by atoms with Crippen molar-refractivity contribution in [3.05, 3.63) is 35.9 Å². The fraction of sp³-hybridized carbons (Fsp3) is 0.421. The summed E-state index contributed by atoms with van der Waals surface area (Å²) in [5.41, 5.74) is 0.871. The quantitative estimate of drug-likeness (QED) is 0.474. The monoisotopic (exact) mass is 349 g/mol. The number of ether oxygens (including phenoxy) is 3. The van der Waals surface area contributed by atoms with Crippen molar-refractivity contribution in [2.45, 2.75) is 20.8 Å². The minimum Gasteiger partial charge on any atom is -0.490 e. The van der Waals surface area contributed by atoms with Gasteiger partial charge >= 0.3 is 0 Å². The number of allylic oxidation sites excluding steroid dienone is 2. The van der Waals surface area contributed by atoms with Crippen LogP contribution in [0.1, 0.15) is 26.3 Å². The van der Waals surface area contributed by atoms with E-state index in [9.17, 15) is 4.79 Å². The molecule has 138 valence electrons. The Morgan fingerprint density at radius 3 is 2.16 bits per heavy atom. The van der Waals surface area contributed by atoms with Crippen LogP contribution in [0.5, 0.6) is 17.2 Å². The van der Waals surface area contributed by atoms with Gasteiger partial charge in [0.05, 0.1) is 26.4 Å². The van der Waals surface area contributed by atoms with Gasteiger partial charge in [-0.25, -0.2) is 0 Å². The van der Waals surface area contributed by atoms with E-state index in [1.807, 2.05) is 39.0 Å². The SMILES string of the molecule is CCOc1cc(C=CC=CC(=O)NCCO)cc(OCC)c1OCC. The smallest absolute Gasteiger partial charge is 0.244 e. The van der Waals surface area contributed by atoms with Gasteiger partial charge in [0, 0.05) is 12.6 Å². The zero-order chi connectivity index (χ0) is 18.5. The summed E-state index contributed by atoms with van der Waals surface area (Å²) in [5.74, 6) is 1.59. The van der Waals surface area contributed by atoms with Crippen LogP contribution >= 0.6 is 0 Å². The molecule has 0 fully saturated rings. The van der Waals surface area contributed by atoms with Crippen LogP contribution in [0.25, 0.3) is 6.08 Å². The standard InChI is InChI=1S/C19H27NO5/c1-4-23-16-13-15(9-7-8-10-18(22)20-11-12-21)14-17(24-5-2)19(16)25-6-3/h7-10,13-14,21H,4-6,11-12H2,1-3H3,(H,20,22). The molecule has 6 heteroatoms. The lowest BCUT2D eigenvalue weighted by Gasteiger charge is -2.16. The summed E-state index contributed by atoms with van der Waals surface area (Å²) in [4.78, 5) is 11.4. The minimum atomic E-state index is -0.254. The van der Waals surface area contributed by atoms with Crippen LogP contribution in [-0.4, -0.2) is 44.0 Å². The third-order valence-electron chi connectivity index (χ3n) is 2.99. The third kappa shape index (κ3) is 7.30. The Morgan fingerprint density at radius 2 is 1.64 bits per heavy atom. The highest BCUT2D eigenvalue weighted by Gasteiger charge is 2.13. The van der Waals surface area contributed by atoms with Gasteiger partial charge in [-0.2, -0.15) is 0 Å². The van der Waals surface area contributed by atoms with Gasteiger partial charge in [0.2, 0.25) is 11.7 Å². The maximum absolute atomic E-state index is 11.4. The molecule has 1 aromatic carbocycles. The molecule has 1 rings (SSSR count). The van der Waals surface area contributed by atoms with Crippen molar-refractivity contribution >= 4 is 12.0 Å². The van der Waals surface area contributed by atoms with Gasteiger partial charge in [-0.05, 0) is 38.5 Å². The van der Waals surface area contributed by atoms with Crippen molar-refractivity contribution in [3.63, 3.8) is 0 Å². The molecular weight excluding hydrogens is 322 g/mol. The highest BCUT2D eigenvalue weighted by molar-refractivity contribution is 5.87. The normalized spacial score (nSPS) is 11.0. The maximum atomic E-state index is 11.4. The second-order valence-electron chi connectivity index (χ2n) is 4.88. The summed E-state index contributed by atoms with van der Waals surface area (Å²) in [6.07, 6.45) is 6.62. The number of aliphatic hydroxyl groups excluding tert-OH is 1. The molecule has 1 aromatic rings. The van der Waals surface area contributed by atoms with Crippen molar-refractivity contribution in [1.82, 2.24) is 5.32 Å². The molecular formula is C19H27NO5. The number of aliphatic hydroxyl groups is 1. The summed E-state index contributed by atoms with van der Waals surface area (Å²) < 4.78 is 17.0. The van der Waals surface area contributed by atoms with Gasteiger partial charge in [-0.3, -0.25) is 4.79 Å². The Kier molecular flexibility index (Phi) is 9.85. The summed E-state index contributed by atoms with van der Waals surface area (Å²) in [7, 11) is 0. The second-order valence-corrected chi connectivity index (χ2v) is 4.88. The number of amides is 1. The first-order valence-electron chi connectivity index (χ1n) is 8.46. The van der Waals surface area contributed by atoms with E-state index in [4.69, 9.17) is 19.3 Å². The van der Waals surface area contributed by atoms with Gasteiger partial charge in [0.15, 0.2) is 11.5 Å². The molecule has 0 aliphatic rings. The summed E-state index contributed by atoms with van der Waals surface area (Å²) in [6, 6.07) is 3.74. The van der Waals surface area contributed by atoms with Gasteiger partial charge in [0.25, 0.3) is 0 Å². The predicted molar refractivity (Wildman–Crippen MR) is 98.2 cm³/mol. The molecule has 2 N–H and O–H groups in total. The zero-order valence-corrected chi connectivity index (χ0v) is 15.1. The molecule has 0 spiro atoms. The van der Waals surface area contributed by atoms with Crippen molar-refractivity contribution in [1.29, 1.82) is 0 Å². The van der Waals surface area contributed by atoms with Gasteiger partial charge in [-0.1, -0.05) is 18.2 Å². The number of hydrogen-bond donors (Lipinski definition) is 2. The summed E-state index contributed by atoms with van der Waals surface area (Å²) in [6.45, 7) is 7.43. The average Bonchev–Trinajstić information content (AvgIpc) is 2.60. The van der Waals surface area contributed by atoms with Crippen molar-refractivity contribution < 1.29 is 24.1 Å². The molecule has 0 heterocycles. The molecule has 0 saturated carbocycles. The van der Waals surface area contributed by atoms with Crippen LogP contribution < -0.4 is 19.5 Å². The van der Waals surface area contributed by atoms with E-state index in [0.717, 1.165) is 5.56 Å². The number of benzene rings is 1. The fourth-order valence-electron chi connectivity index (χ4n) is 2.05. The highest BCUT2D eigenvalue weighted by atomic mass is 16.5.